The van der Waals surface area contributed by atoms with Crippen molar-refractivity contribution in [1.29, 1.82) is 5.26 Å². The summed E-state index contributed by atoms with van der Waals surface area (Å²) >= 11 is 0. The van der Waals surface area contributed by atoms with Gasteiger partial charge in [0, 0.05) is 25.4 Å². The molecule has 102 valence electrons. The topological polar surface area (TPSA) is 41.6 Å². The smallest absolute Gasteiger partial charge is 0.113 e. The highest BCUT2D eigenvalue weighted by Gasteiger charge is 2.05. The molecule has 3 heteroatoms. The second-order valence-corrected chi connectivity index (χ2v) is 4.94. The molecule has 0 amide bonds. The van der Waals surface area contributed by atoms with Crippen LogP contribution in [-0.4, -0.2) is 9.55 Å². The molecule has 3 nitrogen and oxygen atoms in total. The van der Waals surface area contributed by atoms with E-state index in [9.17, 15) is 0 Å². The predicted molar refractivity (Wildman–Crippen MR) is 81.7 cm³/mol. The standard InChI is InChI=1S/C18H15N3/c19-13-16-6-8-17(9-7-16)14-21-11-10-20-18(21)12-15-4-2-1-3-5-15/h1-11H,12,14H2. The van der Waals surface area contributed by atoms with Gasteiger partial charge in [-0.1, -0.05) is 42.5 Å². The van der Waals surface area contributed by atoms with Crippen LogP contribution in [0.15, 0.2) is 67.0 Å². The molecule has 2 aromatic carbocycles. The molecule has 0 saturated carbocycles. The molecule has 1 aromatic heterocycles. The van der Waals surface area contributed by atoms with E-state index >= 15 is 0 Å². The predicted octanol–water partition coefficient (Wildman–Crippen LogP) is 3.39. The van der Waals surface area contributed by atoms with E-state index in [0.717, 1.165) is 18.8 Å². The van der Waals surface area contributed by atoms with Gasteiger partial charge >= 0.3 is 0 Å². The molecule has 0 radical (unpaired) electrons. The molecule has 3 aromatic rings. The first kappa shape index (κ1) is 13.1. The molecule has 0 aliphatic rings. The molecule has 0 N–H and O–H groups in total. The van der Waals surface area contributed by atoms with Gasteiger partial charge in [-0.2, -0.15) is 5.26 Å². The van der Waals surface area contributed by atoms with E-state index in [-0.39, 0.29) is 0 Å². The molecular weight excluding hydrogens is 258 g/mol. The average molecular weight is 273 g/mol. The van der Waals surface area contributed by atoms with Crippen LogP contribution in [0.5, 0.6) is 0 Å². The maximum Gasteiger partial charge on any atom is 0.113 e. The summed E-state index contributed by atoms with van der Waals surface area (Å²) < 4.78 is 2.15. The van der Waals surface area contributed by atoms with Crippen LogP contribution in [0.25, 0.3) is 0 Å². The van der Waals surface area contributed by atoms with Crippen LogP contribution < -0.4 is 0 Å². The summed E-state index contributed by atoms with van der Waals surface area (Å²) in [6.45, 7) is 0.772. The zero-order chi connectivity index (χ0) is 14.5. The largest absolute Gasteiger partial charge is 0.330 e. The van der Waals surface area contributed by atoms with Gasteiger partial charge in [0.15, 0.2) is 0 Å². The molecule has 1 heterocycles. The minimum Gasteiger partial charge on any atom is -0.330 e. The van der Waals surface area contributed by atoms with Crippen LogP contribution in [0.1, 0.15) is 22.5 Å². The van der Waals surface area contributed by atoms with Crippen molar-refractivity contribution < 1.29 is 0 Å². The Bertz CT molecular complexity index is 749. The van der Waals surface area contributed by atoms with Gasteiger partial charge in [-0.05, 0) is 23.3 Å². The number of hydrogen-bond donors (Lipinski definition) is 0. The van der Waals surface area contributed by atoms with Crippen molar-refractivity contribution in [3.05, 3.63) is 89.5 Å². The van der Waals surface area contributed by atoms with Crippen molar-refractivity contribution in [2.45, 2.75) is 13.0 Å². The normalized spacial score (nSPS) is 10.2. The van der Waals surface area contributed by atoms with Gasteiger partial charge in [-0.15, -0.1) is 0 Å². The molecule has 0 bridgehead atoms. The summed E-state index contributed by atoms with van der Waals surface area (Å²) in [6, 6.07) is 20.2. The van der Waals surface area contributed by atoms with E-state index in [1.165, 1.54) is 11.1 Å². The second kappa shape index (κ2) is 6.06. The van der Waals surface area contributed by atoms with Gasteiger partial charge in [0.05, 0.1) is 11.6 Å². The third-order valence-corrected chi connectivity index (χ3v) is 3.44. The Morgan fingerprint density at radius 2 is 1.71 bits per heavy atom. The fourth-order valence-corrected chi connectivity index (χ4v) is 2.31. The number of rotatable bonds is 4. The van der Waals surface area contributed by atoms with E-state index in [4.69, 9.17) is 5.26 Å². The molecule has 21 heavy (non-hydrogen) atoms. The van der Waals surface area contributed by atoms with Crippen molar-refractivity contribution in [2.24, 2.45) is 0 Å². The number of nitrogens with zero attached hydrogens (tertiary/aromatic N) is 3. The van der Waals surface area contributed by atoms with Gasteiger partial charge in [0.1, 0.15) is 5.82 Å². The van der Waals surface area contributed by atoms with Crippen molar-refractivity contribution in [1.82, 2.24) is 9.55 Å². The Morgan fingerprint density at radius 3 is 2.43 bits per heavy atom. The number of nitriles is 1. The fraction of sp³-hybridized carbons (Fsp3) is 0.111. The maximum atomic E-state index is 8.83. The van der Waals surface area contributed by atoms with E-state index in [1.54, 1.807) is 0 Å². The van der Waals surface area contributed by atoms with Crippen LogP contribution in [-0.2, 0) is 13.0 Å². The van der Waals surface area contributed by atoms with Gasteiger partial charge in [0.2, 0.25) is 0 Å². The van der Waals surface area contributed by atoms with Gasteiger partial charge < -0.3 is 4.57 Å². The Balaban J connectivity index is 1.77. The third-order valence-electron chi connectivity index (χ3n) is 3.44. The lowest BCUT2D eigenvalue weighted by Crippen LogP contribution is -2.05. The Hall–Kier alpha value is -2.86. The SMILES string of the molecule is N#Cc1ccc(Cn2ccnc2Cc2ccccc2)cc1. The first-order chi connectivity index (χ1) is 10.3. The highest BCUT2D eigenvalue weighted by atomic mass is 15.1. The van der Waals surface area contributed by atoms with E-state index in [1.807, 2.05) is 54.9 Å². The van der Waals surface area contributed by atoms with Crippen molar-refractivity contribution in [3.63, 3.8) is 0 Å². The lowest BCUT2D eigenvalue weighted by molar-refractivity contribution is 0.740. The first-order valence-electron chi connectivity index (χ1n) is 6.88. The van der Waals surface area contributed by atoms with Gasteiger partial charge in [-0.3, -0.25) is 0 Å². The minimum atomic E-state index is 0.689. The average Bonchev–Trinajstić information content (AvgIpc) is 2.96. The maximum absolute atomic E-state index is 8.83. The molecular formula is C18H15N3. The summed E-state index contributed by atoms with van der Waals surface area (Å²) in [5.74, 6) is 1.05. The molecule has 0 aliphatic carbocycles. The second-order valence-electron chi connectivity index (χ2n) is 4.94. The summed E-state index contributed by atoms with van der Waals surface area (Å²) in [5, 5.41) is 8.83. The van der Waals surface area contributed by atoms with E-state index in [2.05, 4.69) is 27.8 Å². The molecule has 0 spiro atoms. The summed E-state index contributed by atoms with van der Waals surface area (Å²) in [5.41, 5.74) is 3.11. The van der Waals surface area contributed by atoms with Crippen molar-refractivity contribution in [3.8, 4) is 6.07 Å². The van der Waals surface area contributed by atoms with Crippen LogP contribution in [0.2, 0.25) is 0 Å². The lowest BCUT2D eigenvalue weighted by Gasteiger charge is -2.08. The van der Waals surface area contributed by atoms with Crippen LogP contribution in [0.4, 0.5) is 0 Å². The van der Waals surface area contributed by atoms with Crippen molar-refractivity contribution >= 4 is 0 Å². The molecule has 0 saturated heterocycles. The molecule has 0 aliphatic heterocycles. The number of imidazole rings is 1. The Labute approximate surface area is 124 Å². The zero-order valence-electron chi connectivity index (χ0n) is 11.6. The van der Waals surface area contributed by atoms with Gasteiger partial charge in [-0.25, -0.2) is 4.98 Å². The highest BCUT2D eigenvalue weighted by Crippen LogP contribution is 2.11. The Kier molecular flexibility index (Phi) is 3.79. The summed E-state index contributed by atoms with van der Waals surface area (Å²) in [7, 11) is 0. The quantitative estimate of drug-likeness (QED) is 0.731. The monoisotopic (exact) mass is 273 g/mol. The zero-order valence-corrected chi connectivity index (χ0v) is 11.6. The lowest BCUT2D eigenvalue weighted by atomic mass is 10.1. The minimum absolute atomic E-state index is 0.689. The van der Waals surface area contributed by atoms with Crippen LogP contribution in [0.3, 0.4) is 0 Å². The first-order valence-corrected chi connectivity index (χ1v) is 6.88. The summed E-state index contributed by atoms with van der Waals surface area (Å²) in [4.78, 5) is 4.45. The number of hydrogen-bond acceptors (Lipinski definition) is 2. The van der Waals surface area contributed by atoms with E-state index in [0.29, 0.717) is 5.56 Å². The van der Waals surface area contributed by atoms with E-state index < -0.39 is 0 Å². The Morgan fingerprint density at radius 1 is 0.952 bits per heavy atom. The van der Waals surface area contributed by atoms with Crippen LogP contribution >= 0.6 is 0 Å². The van der Waals surface area contributed by atoms with Crippen LogP contribution in [0, 0.1) is 11.3 Å². The molecule has 0 atom stereocenters. The van der Waals surface area contributed by atoms with Gasteiger partial charge in [0.25, 0.3) is 0 Å². The number of aromatic nitrogens is 2. The highest BCUT2D eigenvalue weighted by molar-refractivity contribution is 5.32. The fourth-order valence-electron chi connectivity index (χ4n) is 2.31. The number of benzene rings is 2. The third kappa shape index (κ3) is 3.18. The van der Waals surface area contributed by atoms with Crippen molar-refractivity contribution in [2.75, 3.05) is 0 Å². The molecule has 3 rings (SSSR count). The molecule has 0 fully saturated rings. The molecule has 0 unspecified atom stereocenters. The summed E-state index contributed by atoms with van der Waals surface area (Å²) in [6.07, 6.45) is 4.66.